The summed E-state index contributed by atoms with van der Waals surface area (Å²) in [6.45, 7) is 2.59. The van der Waals surface area contributed by atoms with Gasteiger partial charge in [0.05, 0.1) is 24.5 Å². The zero-order chi connectivity index (χ0) is 23.9. The Bertz CT molecular complexity index is 1240. The van der Waals surface area contributed by atoms with Gasteiger partial charge >= 0.3 is 0 Å². The lowest BCUT2D eigenvalue weighted by atomic mass is 10.3. The molecule has 2 N–H and O–H groups in total. The average molecular weight is 499 g/mol. The lowest BCUT2D eigenvalue weighted by molar-refractivity contribution is -0.113. The van der Waals surface area contributed by atoms with Crippen LogP contribution in [-0.4, -0.2) is 38.0 Å². The first-order valence-electron chi connectivity index (χ1n) is 10.5. The van der Waals surface area contributed by atoms with Gasteiger partial charge in [-0.25, -0.2) is 9.37 Å². The van der Waals surface area contributed by atoms with E-state index in [1.807, 2.05) is 48.2 Å². The number of hydrogen-bond donors (Lipinski definition) is 2. The predicted octanol–water partition coefficient (Wildman–Crippen LogP) is 4.87. The number of hydrogen-bond acceptors (Lipinski definition) is 8. The first kappa shape index (κ1) is 23.7. The number of amides is 1. The van der Waals surface area contributed by atoms with Crippen LogP contribution >= 0.6 is 23.1 Å². The molecule has 2 heterocycles. The second-order valence-electron chi connectivity index (χ2n) is 7.20. The Balaban J connectivity index is 1.30. The van der Waals surface area contributed by atoms with Crippen LogP contribution in [0.25, 0.3) is 0 Å². The summed E-state index contributed by atoms with van der Waals surface area (Å²) < 4.78 is 20.3. The lowest BCUT2D eigenvalue weighted by Crippen LogP contribution is -2.14. The first-order valence-corrected chi connectivity index (χ1v) is 12.4. The highest BCUT2D eigenvalue weighted by Crippen LogP contribution is 2.24. The zero-order valence-electron chi connectivity index (χ0n) is 18.6. The van der Waals surface area contributed by atoms with E-state index in [1.54, 1.807) is 0 Å². The van der Waals surface area contributed by atoms with Crippen molar-refractivity contribution < 1.29 is 13.9 Å². The summed E-state index contributed by atoms with van der Waals surface area (Å²) in [5.41, 5.74) is 2.35. The van der Waals surface area contributed by atoms with Crippen LogP contribution < -0.4 is 15.4 Å². The van der Waals surface area contributed by atoms with Crippen molar-refractivity contribution in [2.45, 2.75) is 18.5 Å². The molecule has 2 aromatic heterocycles. The van der Waals surface area contributed by atoms with Gasteiger partial charge in [-0.15, -0.1) is 21.5 Å². The highest BCUT2D eigenvalue weighted by Gasteiger charge is 2.14. The van der Waals surface area contributed by atoms with Crippen LogP contribution in [0.3, 0.4) is 0 Å². The van der Waals surface area contributed by atoms with Crippen LogP contribution in [0, 0.1) is 5.82 Å². The van der Waals surface area contributed by atoms with E-state index in [0.29, 0.717) is 23.9 Å². The maximum absolute atomic E-state index is 13.0. The van der Waals surface area contributed by atoms with Crippen molar-refractivity contribution in [3.05, 3.63) is 71.2 Å². The largest absolute Gasteiger partial charge is 0.494 e. The van der Waals surface area contributed by atoms with Gasteiger partial charge in [0, 0.05) is 23.8 Å². The van der Waals surface area contributed by atoms with Gasteiger partial charge in [-0.1, -0.05) is 11.8 Å². The normalized spacial score (nSPS) is 10.8. The number of nitrogens with one attached hydrogen (secondary N) is 2. The number of thiazole rings is 1. The van der Waals surface area contributed by atoms with Gasteiger partial charge in [0.2, 0.25) is 5.91 Å². The smallest absolute Gasteiger partial charge is 0.234 e. The standard InChI is InChI=1S/C23H23FN6O2S2/c1-3-32-19-10-8-17(9-11-19)26-22-27-18(13-33-22)12-20-28-29-23(30(20)2)34-14-21(31)25-16-6-4-15(24)5-7-16/h4-11,13H,3,12,14H2,1-2H3,(H,25,31)(H,26,27). The third-order valence-corrected chi connectivity index (χ3v) is 6.52. The van der Waals surface area contributed by atoms with Crippen molar-refractivity contribution in [3.63, 3.8) is 0 Å². The molecule has 0 atom stereocenters. The summed E-state index contributed by atoms with van der Waals surface area (Å²) in [4.78, 5) is 16.8. The van der Waals surface area contributed by atoms with Crippen molar-refractivity contribution in [2.75, 3.05) is 23.0 Å². The van der Waals surface area contributed by atoms with Gasteiger partial charge < -0.3 is 19.9 Å². The average Bonchev–Trinajstić information content (AvgIpc) is 3.42. The van der Waals surface area contributed by atoms with E-state index in [-0.39, 0.29) is 17.5 Å². The van der Waals surface area contributed by atoms with Gasteiger partial charge in [0.1, 0.15) is 17.4 Å². The SMILES string of the molecule is CCOc1ccc(Nc2nc(Cc3nnc(SCC(=O)Nc4ccc(F)cc4)n3C)cs2)cc1. The number of rotatable bonds is 10. The van der Waals surface area contributed by atoms with Crippen molar-refractivity contribution in [3.8, 4) is 5.75 Å². The Morgan fingerprint density at radius 2 is 1.85 bits per heavy atom. The van der Waals surface area contributed by atoms with Gasteiger partial charge in [0.15, 0.2) is 10.3 Å². The highest BCUT2D eigenvalue weighted by molar-refractivity contribution is 7.99. The molecule has 34 heavy (non-hydrogen) atoms. The number of ether oxygens (including phenoxy) is 1. The van der Waals surface area contributed by atoms with Crippen LogP contribution in [0.2, 0.25) is 0 Å². The number of thioether (sulfide) groups is 1. The fourth-order valence-corrected chi connectivity index (χ4v) is 4.48. The highest BCUT2D eigenvalue weighted by atomic mass is 32.2. The number of carbonyl (C=O) groups is 1. The second-order valence-corrected chi connectivity index (χ2v) is 9.01. The number of aromatic nitrogens is 4. The lowest BCUT2D eigenvalue weighted by Gasteiger charge is -2.06. The Morgan fingerprint density at radius 3 is 2.59 bits per heavy atom. The topological polar surface area (TPSA) is 94.0 Å². The Morgan fingerprint density at radius 1 is 1.12 bits per heavy atom. The molecule has 4 aromatic rings. The Kier molecular flexibility index (Phi) is 7.76. The van der Waals surface area contributed by atoms with Gasteiger partial charge in [-0.2, -0.15) is 0 Å². The van der Waals surface area contributed by atoms with Crippen molar-refractivity contribution in [1.29, 1.82) is 0 Å². The first-order chi connectivity index (χ1) is 16.5. The van der Waals surface area contributed by atoms with Crippen molar-refractivity contribution in [1.82, 2.24) is 19.7 Å². The minimum Gasteiger partial charge on any atom is -0.494 e. The minimum absolute atomic E-state index is 0.163. The van der Waals surface area contributed by atoms with E-state index >= 15 is 0 Å². The van der Waals surface area contributed by atoms with Crippen LogP contribution in [0.4, 0.5) is 20.9 Å². The number of anilines is 3. The quantitative estimate of drug-likeness (QED) is 0.301. The molecule has 1 amide bonds. The zero-order valence-corrected chi connectivity index (χ0v) is 20.3. The number of nitrogens with zero attached hydrogens (tertiary/aromatic N) is 4. The maximum atomic E-state index is 13.0. The van der Waals surface area contributed by atoms with Gasteiger partial charge in [0.25, 0.3) is 0 Å². The molecule has 0 aliphatic rings. The minimum atomic E-state index is -0.349. The molecule has 0 bridgehead atoms. The van der Waals surface area contributed by atoms with Crippen LogP contribution in [0.15, 0.2) is 59.1 Å². The van der Waals surface area contributed by atoms with E-state index in [2.05, 4.69) is 25.8 Å². The van der Waals surface area contributed by atoms with Crippen LogP contribution in [-0.2, 0) is 18.3 Å². The van der Waals surface area contributed by atoms with E-state index in [9.17, 15) is 9.18 Å². The number of carbonyl (C=O) groups excluding carboxylic acids is 1. The van der Waals surface area contributed by atoms with Crippen LogP contribution in [0.1, 0.15) is 18.4 Å². The van der Waals surface area contributed by atoms with E-state index < -0.39 is 0 Å². The van der Waals surface area contributed by atoms with Crippen molar-refractivity contribution in [2.24, 2.45) is 7.05 Å². The predicted molar refractivity (Wildman–Crippen MR) is 133 cm³/mol. The maximum Gasteiger partial charge on any atom is 0.234 e. The summed E-state index contributed by atoms with van der Waals surface area (Å²) in [7, 11) is 1.86. The van der Waals surface area contributed by atoms with Crippen molar-refractivity contribution >= 4 is 45.5 Å². The monoisotopic (exact) mass is 498 g/mol. The Hall–Kier alpha value is -3.44. The number of benzene rings is 2. The molecule has 11 heteroatoms. The molecule has 0 radical (unpaired) electrons. The van der Waals surface area contributed by atoms with E-state index in [4.69, 9.17) is 4.74 Å². The summed E-state index contributed by atoms with van der Waals surface area (Å²) in [6, 6.07) is 13.4. The molecule has 0 aliphatic carbocycles. The molecule has 2 aromatic carbocycles. The fourth-order valence-electron chi connectivity index (χ4n) is 3.02. The molecule has 4 rings (SSSR count). The summed E-state index contributed by atoms with van der Waals surface area (Å²) in [5, 5.41) is 17.9. The summed E-state index contributed by atoms with van der Waals surface area (Å²) >= 11 is 2.80. The van der Waals surface area contributed by atoms with Crippen LogP contribution in [0.5, 0.6) is 5.75 Å². The molecular formula is C23H23FN6O2S2. The molecule has 176 valence electrons. The van der Waals surface area contributed by atoms with Gasteiger partial charge in [-0.05, 0) is 55.5 Å². The number of halogens is 1. The molecule has 8 nitrogen and oxygen atoms in total. The van der Waals surface area contributed by atoms with E-state index in [1.165, 1.54) is 47.4 Å². The van der Waals surface area contributed by atoms with Gasteiger partial charge in [-0.3, -0.25) is 4.79 Å². The molecule has 0 saturated carbocycles. The third-order valence-electron chi connectivity index (χ3n) is 4.69. The molecule has 0 unspecified atom stereocenters. The molecule has 0 spiro atoms. The molecule has 0 fully saturated rings. The fraction of sp³-hybridized carbons (Fsp3) is 0.217. The van der Waals surface area contributed by atoms with E-state index in [0.717, 1.165) is 28.1 Å². The Labute approximate surface area is 204 Å². The molecule has 0 saturated heterocycles. The summed E-state index contributed by atoms with van der Waals surface area (Å²) in [6.07, 6.45) is 0.521. The molecular weight excluding hydrogens is 475 g/mol. The second kappa shape index (κ2) is 11.1. The summed E-state index contributed by atoms with van der Waals surface area (Å²) in [5.74, 6) is 1.19. The third kappa shape index (κ3) is 6.33. The molecule has 0 aliphatic heterocycles.